The van der Waals surface area contributed by atoms with Gasteiger partial charge in [0, 0.05) is 10.4 Å². The molecule has 4 aromatic rings. The Morgan fingerprint density at radius 1 is 1.03 bits per heavy atom. The second-order valence-electron chi connectivity index (χ2n) is 7.36. The predicted molar refractivity (Wildman–Crippen MR) is 113 cm³/mol. The SMILES string of the molecule is Cc1ccc(Cl)cc1OCC(O)(c1ccc2c(cnn2-c2ccc(F)cc2)c1)C(F)(F)F. The molecule has 4 rings (SSSR count). The summed E-state index contributed by atoms with van der Waals surface area (Å²) in [5.41, 5.74) is -2.05. The van der Waals surface area contributed by atoms with Crippen molar-refractivity contribution in [3.05, 3.63) is 88.8 Å². The number of hydrogen-bond acceptors (Lipinski definition) is 3. The zero-order valence-electron chi connectivity index (χ0n) is 16.7. The third kappa shape index (κ3) is 4.03. The minimum atomic E-state index is -5.01. The van der Waals surface area contributed by atoms with Crippen LogP contribution in [0.2, 0.25) is 5.02 Å². The van der Waals surface area contributed by atoms with Gasteiger partial charge in [-0.1, -0.05) is 23.7 Å². The topological polar surface area (TPSA) is 47.3 Å². The molecule has 0 fully saturated rings. The lowest BCUT2D eigenvalue weighted by molar-refractivity contribution is -0.275. The maximum absolute atomic E-state index is 14.0. The number of aromatic nitrogens is 2. The van der Waals surface area contributed by atoms with Crippen LogP contribution < -0.4 is 4.74 Å². The number of rotatable bonds is 5. The van der Waals surface area contributed by atoms with Gasteiger partial charge in [0.25, 0.3) is 0 Å². The van der Waals surface area contributed by atoms with Crippen LogP contribution in [-0.2, 0) is 5.60 Å². The highest BCUT2D eigenvalue weighted by Crippen LogP contribution is 2.41. The standard InChI is InChI=1S/C23H17ClF4N2O2/c1-14-2-4-17(24)11-21(14)32-13-22(31,23(26,27)28)16-3-9-20-15(10-16)12-29-30(20)19-7-5-18(25)6-8-19/h2-12,31H,13H2,1H3. The highest BCUT2D eigenvalue weighted by molar-refractivity contribution is 6.30. The summed E-state index contributed by atoms with van der Waals surface area (Å²) < 4.78 is 61.9. The second-order valence-corrected chi connectivity index (χ2v) is 7.80. The van der Waals surface area contributed by atoms with E-state index in [2.05, 4.69) is 5.10 Å². The van der Waals surface area contributed by atoms with Crippen molar-refractivity contribution in [2.75, 3.05) is 6.61 Å². The Bertz CT molecular complexity index is 1270. The van der Waals surface area contributed by atoms with Crippen LogP contribution in [0.25, 0.3) is 16.6 Å². The molecule has 1 N–H and O–H groups in total. The Labute approximate surface area is 185 Å². The zero-order chi connectivity index (χ0) is 23.1. The average Bonchev–Trinajstić information content (AvgIpc) is 3.17. The van der Waals surface area contributed by atoms with Crippen molar-refractivity contribution in [2.24, 2.45) is 0 Å². The van der Waals surface area contributed by atoms with Crippen molar-refractivity contribution in [1.82, 2.24) is 9.78 Å². The Hall–Kier alpha value is -3.10. The first kappa shape index (κ1) is 22.1. The molecule has 0 aliphatic rings. The highest BCUT2D eigenvalue weighted by Gasteiger charge is 2.56. The number of fused-ring (bicyclic) bond motifs is 1. The van der Waals surface area contributed by atoms with Gasteiger partial charge in [0.05, 0.1) is 17.4 Å². The van der Waals surface area contributed by atoms with Gasteiger partial charge in [-0.3, -0.25) is 0 Å². The normalized spacial score (nSPS) is 13.8. The summed E-state index contributed by atoms with van der Waals surface area (Å²) in [7, 11) is 0. The molecule has 4 nitrogen and oxygen atoms in total. The van der Waals surface area contributed by atoms with Crippen molar-refractivity contribution in [2.45, 2.75) is 18.7 Å². The smallest absolute Gasteiger partial charge is 0.424 e. The van der Waals surface area contributed by atoms with Crippen molar-refractivity contribution in [3.63, 3.8) is 0 Å². The van der Waals surface area contributed by atoms with Crippen molar-refractivity contribution in [3.8, 4) is 11.4 Å². The molecule has 0 amide bonds. The van der Waals surface area contributed by atoms with Gasteiger partial charge in [-0.2, -0.15) is 18.3 Å². The van der Waals surface area contributed by atoms with E-state index in [9.17, 15) is 22.7 Å². The summed E-state index contributed by atoms with van der Waals surface area (Å²) in [6.07, 6.45) is -3.64. The van der Waals surface area contributed by atoms with Crippen molar-refractivity contribution in [1.29, 1.82) is 0 Å². The molecule has 1 atom stereocenters. The van der Waals surface area contributed by atoms with E-state index in [1.54, 1.807) is 19.1 Å². The van der Waals surface area contributed by atoms with Crippen LogP contribution in [0, 0.1) is 12.7 Å². The Balaban J connectivity index is 1.71. The van der Waals surface area contributed by atoms with Gasteiger partial charge < -0.3 is 9.84 Å². The second kappa shape index (κ2) is 8.11. The number of aryl methyl sites for hydroxylation is 1. The fourth-order valence-corrected chi connectivity index (χ4v) is 3.48. The van der Waals surface area contributed by atoms with Crippen LogP contribution >= 0.6 is 11.6 Å². The molecule has 0 aliphatic heterocycles. The maximum atomic E-state index is 14.0. The van der Waals surface area contributed by atoms with Crippen LogP contribution in [0.3, 0.4) is 0 Å². The fraction of sp³-hybridized carbons (Fsp3) is 0.174. The van der Waals surface area contributed by atoms with Gasteiger partial charge in [-0.15, -0.1) is 0 Å². The number of benzene rings is 3. The molecular weight excluding hydrogens is 448 g/mol. The molecule has 0 bridgehead atoms. The quantitative estimate of drug-likeness (QED) is 0.371. The molecule has 0 saturated carbocycles. The van der Waals surface area contributed by atoms with Gasteiger partial charge in [0.1, 0.15) is 18.2 Å². The Morgan fingerprint density at radius 2 is 1.75 bits per heavy atom. The molecule has 1 heterocycles. The first-order valence-corrected chi connectivity index (χ1v) is 9.88. The van der Waals surface area contributed by atoms with E-state index >= 15 is 0 Å². The third-order valence-corrected chi connectivity index (χ3v) is 5.41. The summed E-state index contributed by atoms with van der Waals surface area (Å²) in [4.78, 5) is 0. The van der Waals surface area contributed by atoms with Crippen molar-refractivity contribution >= 4 is 22.5 Å². The number of alkyl halides is 3. The Kier molecular flexibility index (Phi) is 5.60. The first-order chi connectivity index (χ1) is 15.1. The van der Waals surface area contributed by atoms with E-state index in [4.69, 9.17) is 16.3 Å². The number of ether oxygens (including phenoxy) is 1. The molecule has 1 unspecified atom stereocenters. The minimum absolute atomic E-state index is 0.144. The van der Waals surface area contributed by atoms with E-state index in [-0.39, 0.29) is 5.75 Å². The molecule has 0 spiro atoms. The molecule has 166 valence electrons. The summed E-state index contributed by atoms with van der Waals surface area (Å²) in [6.45, 7) is 0.601. The van der Waals surface area contributed by atoms with Crippen LogP contribution in [0.5, 0.6) is 5.75 Å². The van der Waals surface area contributed by atoms with Gasteiger partial charge in [0.2, 0.25) is 5.60 Å². The van der Waals surface area contributed by atoms with E-state index in [1.165, 1.54) is 59.4 Å². The summed E-state index contributed by atoms with van der Waals surface area (Å²) in [5.74, 6) is -0.275. The molecular formula is C23H17ClF4N2O2. The number of aliphatic hydroxyl groups is 1. The molecule has 0 aliphatic carbocycles. The molecule has 32 heavy (non-hydrogen) atoms. The number of halogens is 5. The molecule has 1 aromatic heterocycles. The Morgan fingerprint density at radius 3 is 2.44 bits per heavy atom. The van der Waals surface area contributed by atoms with E-state index in [0.717, 1.165) is 0 Å². The first-order valence-electron chi connectivity index (χ1n) is 9.51. The molecule has 0 radical (unpaired) electrons. The lowest BCUT2D eigenvalue weighted by atomic mass is 9.93. The molecule has 3 aromatic carbocycles. The largest absolute Gasteiger partial charge is 0.490 e. The van der Waals surface area contributed by atoms with Gasteiger partial charge >= 0.3 is 6.18 Å². The van der Waals surface area contributed by atoms with E-state index in [0.29, 0.717) is 27.2 Å². The summed E-state index contributed by atoms with van der Waals surface area (Å²) in [6, 6.07) is 13.9. The predicted octanol–water partition coefficient (Wildman–Crippen LogP) is 5.96. The monoisotopic (exact) mass is 464 g/mol. The number of hydrogen-bond donors (Lipinski definition) is 1. The van der Waals surface area contributed by atoms with Crippen LogP contribution in [0.4, 0.5) is 17.6 Å². The van der Waals surface area contributed by atoms with Crippen LogP contribution in [-0.4, -0.2) is 27.7 Å². The van der Waals surface area contributed by atoms with Crippen LogP contribution in [0.15, 0.2) is 66.9 Å². The maximum Gasteiger partial charge on any atom is 0.424 e. The van der Waals surface area contributed by atoms with E-state index < -0.39 is 29.8 Å². The van der Waals surface area contributed by atoms with E-state index in [1.807, 2.05) is 0 Å². The zero-order valence-corrected chi connectivity index (χ0v) is 17.5. The summed E-state index contributed by atoms with van der Waals surface area (Å²) >= 11 is 5.91. The van der Waals surface area contributed by atoms with Crippen molar-refractivity contribution < 1.29 is 27.4 Å². The lowest BCUT2D eigenvalue weighted by Gasteiger charge is -2.31. The van der Waals surface area contributed by atoms with Gasteiger partial charge in [-0.25, -0.2) is 9.07 Å². The summed E-state index contributed by atoms with van der Waals surface area (Å²) in [5, 5.41) is 15.6. The number of nitrogens with zero attached hydrogens (tertiary/aromatic N) is 2. The van der Waals surface area contributed by atoms with Gasteiger partial charge in [0.15, 0.2) is 0 Å². The van der Waals surface area contributed by atoms with Gasteiger partial charge in [-0.05, 0) is 66.6 Å². The van der Waals surface area contributed by atoms with Crippen LogP contribution in [0.1, 0.15) is 11.1 Å². The molecule has 0 saturated heterocycles. The lowest BCUT2D eigenvalue weighted by Crippen LogP contribution is -2.47. The third-order valence-electron chi connectivity index (χ3n) is 5.17. The molecule has 9 heteroatoms. The highest BCUT2D eigenvalue weighted by atomic mass is 35.5. The average molecular weight is 465 g/mol. The minimum Gasteiger partial charge on any atom is -0.490 e. The fourth-order valence-electron chi connectivity index (χ4n) is 3.32.